The van der Waals surface area contributed by atoms with E-state index in [1.807, 2.05) is 13.8 Å². The van der Waals surface area contributed by atoms with Crippen LogP contribution in [-0.4, -0.2) is 52.1 Å². The number of hydrogen-bond donors (Lipinski definition) is 3. The molecule has 1 aromatic rings. The van der Waals surface area contributed by atoms with Crippen molar-refractivity contribution in [2.24, 2.45) is 0 Å². The van der Waals surface area contributed by atoms with Crippen molar-refractivity contribution in [1.82, 2.24) is 15.5 Å². The summed E-state index contributed by atoms with van der Waals surface area (Å²) in [7, 11) is 0. The van der Waals surface area contributed by atoms with Crippen LogP contribution < -0.4 is 10.6 Å². The van der Waals surface area contributed by atoms with Gasteiger partial charge in [0.2, 0.25) is 11.8 Å². The number of alkyl carbamates (subject to hydrolysis) is 1. The van der Waals surface area contributed by atoms with Gasteiger partial charge in [0.15, 0.2) is 0 Å². The summed E-state index contributed by atoms with van der Waals surface area (Å²) in [6.45, 7) is 10.4. The molecule has 1 fully saturated rings. The first-order valence-electron chi connectivity index (χ1n) is 10.8. The van der Waals surface area contributed by atoms with E-state index in [0.717, 1.165) is 19.3 Å². The number of nitrogens with zero attached hydrogens (tertiary/aromatic N) is 1. The quantitative estimate of drug-likeness (QED) is 0.612. The van der Waals surface area contributed by atoms with Crippen molar-refractivity contribution in [3.63, 3.8) is 0 Å². The number of nitrogens with one attached hydrogen (secondary N) is 2. The fourth-order valence-electron chi connectivity index (χ4n) is 3.43. The number of benzene rings is 1. The highest BCUT2D eigenvalue weighted by molar-refractivity contribution is 5.91. The molecule has 1 aliphatic rings. The van der Waals surface area contributed by atoms with Crippen LogP contribution in [-0.2, 0) is 14.3 Å². The van der Waals surface area contributed by atoms with Gasteiger partial charge >= 0.3 is 6.09 Å². The van der Waals surface area contributed by atoms with Crippen LogP contribution in [0.5, 0.6) is 5.75 Å². The molecule has 0 aromatic heterocycles. The fourth-order valence-corrected chi connectivity index (χ4v) is 3.43. The molecule has 1 saturated carbocycles. The Labute approximate surface area is 184 Å². The molecule has 1 unspecified atom stereocenters. The van der Waals surface area contributed by atoms with E-state index in [1.54, 1.807) is 44.7 Å². The van der Waals surface area contributed by atoms with Crippen LogP contribution in [0.4, 0.5) is 4.79 Å². The van der Waals surface area contributed by atoms with Gasteiger partial charge in [-0.05, 0) is 84.1 Å². The van der Waals surface area contributed by atoms with E-state index in [0.29, 0.717) is 11.1 Å². The minimum atomic E-state index is -0.861. The molecule has 3 N–H and O–H groups in total. The van der Waals surface area contributed by atoms with Gasteiger partial charge in [0.25, 0.3) is 0 Å². The molecule has 172 valence electrons. The van der Waals surface area contributed by atoms with Crippen molar-refractivity contribution in [3.8, 4) is 5.75 Å². The van der Waals surface area contributed by atoms with Crippen molar-refractivity contribution in [1.29, 1.82) is 0 Å². The Morgan fingerprint density at radius 2 is 1.87 bits per heavy atom. The summed E-state index contributed by atoms with van der Waals surface area (Å²) in [6.07, 6.45) is 1.88. The summed E-state index contributed by atoms with van der Waals surface area (Å²) < 4.78 is 5.21. The molecule has 8 nitrogen and oxygen atoms in total. The molecule has 31 heavy (non-hydrogen) atoms. The fraction of sp³-hybridized carbons (Fsp3) is 0.609. The van der Waals surface area contributed by atoms with Gasteiger partial charge in [-0.25, -0.2) is 4.79 Å². The largest absolute Gasteiger partial charge is 0.508 e. The molecule has 0 spiro atoms. The van der Waals surface area contributed by atoms with Gasteiger partial charge in [0.05, 0.1) is 0 Å². The Morgan fingerprint density at radius 1 is 1.23 bits per heavy atom. The minimum absolute atomic E-state index is 0.0926. The van der Waals surface area contributed by atoms with E-state index in [2.05, 4.69) is 10.6 Å². The third-order valence-electron chi connectivity index (χ3n) is 5.03. The zero-order chi connectivity index (χ0) is 23.3. The number of ether oxygens (including phenoxy) is 1. The summed E-state index contributed by atoms with van der Waals surface area (Å²) in [5.74, 6) is -0.525. The van der Waals surface area contributed by atoms with Crippen LogP contribution >= 0.6 is 0 Å². The predicted octanol–water partition coefficient (Wildman–Crippen LogP) is 3.17. The van der Waals surface area contributed by atoms with Crippen LogP contribution in [0.2, 0.25) is 0 Å². The number of phenolic OH excluding ortho intramolecular Hbond substituents is 1. The van der Waals surface area contributed by atoms with Crippen LogP contribution in [0.15, 0.2) is 18.2 Å². The first kappa shape index (κ1) is 24.5. The lowest BCUT2D eigenvalue weighted by Gasteiger charge is -2.42. The molecular formula is C23H35N3O5. The number of carbonyl (C=O) groups excluding carboxylic acids is 3. The van der Waals surface area contributed by atoms with Crippen molar-refractivity contribution in [3.05, 3.63) is 29.3 Å². The highest BCUT2D eigenvalue weighted by Gasteiger charge is 2.39. The third kappa shape index (κ3) is 6.87. The molecule has 0 bridgehead atoms. The Balaban J connectivity index is 2.32. The summed E-state index contributed by atoms with van der Waals surface area (Å²) >= 11 is 0. The lowest BCUT2D eigenvalue weighted by atomic mass is 9.88. The van der Waals surface area contributed by atoms with Crippen LogP contribution in [0.1, 0.15) is 71.0 Å². The number of aromatic hydroxyl groups is 1. The third-order valence-corrected chi connectivity index (χ3v) is 5.03. The second-order valence-corrected chi connectivity index (χ2v) is 9.35. The van der Waals surface area contributed by atoms with E-state index in [-0.39, 0.29) is 36.2 Å². The molecule has 0 saturated heterocycles. The Kier molecular flexibility index (Phi) is 7.92. The maximum Gasteiger partial charge on any atom is 0.408 e. The summed E-state index contributed by atoms with van der Waals surface area (Å²) in [4.78, 5) is 40.0. The van der Waals surface area contributed by atoms with Gasteiger partial charge in [0.1, 0.15) is 23.9 Å². The second kappa shape index (κ2) is 10.0. The molecule has 1 aliphatic carbocycles. The normalized spacial score (nSPS) is 15.1. The van der Waals surface area contributed by atoms with Gasteiger partial charge in [-0.1, -0.05) is 6.07 Å². The van der Waals surface area contributed by atoms with Gasteiger partial charge in [-0.3, -0.25) is 9.59 Å². The van der Waals surface area contributed by atoms with Gasteiger partial charge in [0, 0.05) is 12.1 Å². The predicted molar refractivity (Wildman–Crippen MR) is 118 cm³/mol. The number of hydrogen-bond acceptors (Lipinski definition) is 5. The second-order valence-electron chi connectivity index (χ2n) is 9.35. The molecule has 2 rings (SSSR count). The lowest BCUT2D eigenvalue weighted by molar-refractivity contribution is -0.145. The number of rotatable bonds is 7. The summed E-state index contributed by atoms with van der Waals surface area (Å²) in [5.41, 5.74) is 0.558. The van der Waals surface area contributed by atoms with Crippen molar-refractivity contribution in [2.75, 3.05) is 6.54 Å². The van der Waals surface area contributed by atoms with E-state index in [9.17, 15) is 19.5 Å². The number of carbonyl (C=O) groups is 3. The first-order valence-corrected chi connectivity index (χ1v) is 10.8. The highest BCUT2D eigenvalue weighted by atomic mass is 16.6. The molecule has 0 aliphatic heterocycles. The topological polar surface area (TPSA) is 108 Å². The summed E-state index contributed by atoms with van der Waals surface area (Å²) in [5, 5.41) is 15.3. The van der Waals surface area contributed by atoms with Gasteiger partial charge in [-0.2, -0.15) is 0 Å². The standard InChI is InChI=1S/C23H35N3O5/c1-14(2)25-21(29)20(16-10-11-18(27)15(3)12-16)26(17-8-7-9-17)19(28)13-24-22(30)31-23(4,5)6/h10-12,14,17,20,27H,7-9,13H2,1-6H3,(H,24,30)(H,25,29). The molecule has 0 heterocycles. The van der Waals surface area contributed by atoms with E-state index >= 15 is 0 Å². The minimum Gasteiger partial charge on any atom is -0.508 e. The van der Waals surface area contributed by atoms with E-state index in [4.69, 9.17) is 4.74 Å². The van der Waals surface area contributed by atoms with Crippen LogP contribution in [0.25, 0.3) is 0 Å². The number of phenols is 1. The maximum absolute atomic E-state index is 13.2. The van der Waals surface area contributed by atoms with Crippen LogP contribution in [0.3, 0.4) is 0 Å². The molecule has 1 atom stereocenters. The smallest absolute Gasteiger partial charge is 0.408 e. The van der Waals surface area contributed by atoms with Crippen molar-refractivity contribution in [2.45, 2.75) is 84.5 Å². The maximum atomic E-state index is 13.2. The highest BCUT2D eigenvalue weighted by Crippen LogP contribution is 2.34. The van der Waals surface area contributed by atoms with Gasteiger partial charge in [-0.15, -0.1) is 0 Å². The SMILES string of the molecule is Cc1cc(C(C(=O)NC(C)C)N(C(=O)CNC(=O)OC(C)(C)C)C2CCC2)ccc1O. The number of aryl methyl sites for hydroxylation is 1. The Morgan fingerprint density at radius 3 is 2.35 bits per heavy atom. The number of amides is 3. The molecule has 3 amide bonds. The molecule has 0 radical (unpaired) electrons. The Bertz CT molecular complexity index is 812. The molecule has 1 aromatic carbocycles. The molecule has 8 heteroatoms. The first-order chi connectivity index (χ1) is 14.4. The van der Waals surface area contributed by atoms with E-state index < -0.39 is 17.7 Å². The Hall–Kier alpha value is -2.77. The average molecular weight is 434 g/mol. The van der Waals surface area contributed by atoms with Crippen molar-refractivity contribution < 1.29 is 24.2 Å². The zero-order valence-corrected chi connectivity index (χ0v) is 19.3. The average Bonchev–Trinajstić information content (AvgIpc) is 2.58. The summed E-state index contributed by atoms with van der Waals surface area (Å²) in [6, 6.07) is 3.85. The lowest BCUT2D eigenvalue weighted by Crippen LogP contribution is -2.54. The van der Waals surface area contributed by atoms with E-state index in [1.165, 1.54) is 6.07 Å². The molecular weight excluding hydrogens is 398 g/mol. The van der Waals surface area contributed by atoms with Crippen LogP contribution in [0, 0.1) is 6.92 Å². The van der Waals surface area contributed by atoms with Crippen molar-refractivity contribution >= 4 is 17.9 Å². The zero-order valence-electron chi connectivity index (χ0n) is 19.3. The van der Waals surface area contributed by atoms with Gasteiger partial charge < -0.3 is 25.4 Å². The monoisotopic (exact) mass is 433 g/mol.